The Morgan fingerprint density at radius 2 is 2.11 bits per heavy atom. The van der Waals surface area contributed by atoms with Crippen LogP contribution in [0.1, 0.15) is 48.4 Å². The fraction of sp³-hybridized carbons (Fsp3) is 0.429. The number of carboxylic acid groups (broad SMARTS) is 1. The lowest BCUT2D eigenvalue weighted by Gasteiger charge is -2.24. The van der Waals surface area contributed by atoms with Crippen LogP contribution in [0.3, 0.4) is 0 Å². The average Bonchev–Trinajstić information content (AvgIpc) is 3.23. The fourth-order valence-electron chi connectivity index (χ4n) is 3.66. The summed E-state index contributed by atoms with van der Waals surface area (Å²) in [5.74, 6) is -1.15. The maximum Gasteiger partial charge on any atom is 0.308 e. The molecule has 6 nitrogen and oxygen atoms in total. The smallest absolute Gasteiger partial charge is 0.308 e. The number of benzene rings is 1. The molecule has 0 spiro atoms. The second kappa shape index (κ2) is 8.29. The number of fused-ring (bicyclic) bond motifs is 1. The number of para-hydroxylation sites is 1. The number of furan rings is 1. The van der Waals surface area contributed by atoms with Crippen molar-refractivity contribution in [2.45, 2.75) is 45.7 Å². The van der Waals surface area contributed by atoms with Crippen LogP contribution in [0.4, 0.5) is 5.69 Å². The third-order valence-corrected chi connectivity index (χ3v) is 5.15. The molecule has 2 N–H and O–H groups in total. The fourth-order valence-corrected chi connectivity index (χ4v) is 3.66. The number of hydrogen-bond donors (Lipinski definition) is 2. The minimum Gasteiger partial charge on any atom is -0.481 e. The van der Waals surface area contributed by atoms with Gasteiger partial charge in [-0.05, 0) is 37.5 Å². The van der Waals surface area contributed by atoms with Crippen molar-refractivity contribution in [2.75, 3.05) is 11.4 Å². The summed E-state index contributed by atoms with van der Waals surface area (Å²) in [5, 5.41) is 12.0. The number of hydrogen-bond acceptors (Lipinski definition) is 4. The highest BCUT2D eigenvalue weighted by molar-refractivity contribution is 5.95. The van der Waals surface area contributed by atoms with E-state index in [4.69, 9.17) is 4.42 Å². The van der Waals surface area contributed by atoms with E-state index >= 15 is 0 Å². The minimum atomic E-state index is -0.882. The summed E-state index contributed by atoms with van der Waals surface area (Å²) in [6.45, 7) is 4.71. The number of nitrogens with one attached hydrogen (secondary N) is 1. The van der Waals surface area contributed by atoms with Crippen molar-refractivity contribution >= 4 is 17.6 Å². The summed E-state index contributed by atoms with van der Waals surface area (Å²) in [5.41, 5.74) is 2.93. The van der Waals surface area contributed by atoms with Crippen molar-refractivity contribution < 1.29 is 19.1 Å². The monoisotopic (exact) mass is 370 g/mol. The van der Waals surface area contributed by atoms with E-state index in [1.807, 2.05) is 19.1 Å². The number of rotatable bonds is 8. The van der Waals surface area contributed by atoms with Crippen LogP contribution in [0, 0.1) is 5.92 Å². The first kappa shape index (κ1) is 19.0. The first-order chi connectivity index (χ1) is 13.0. The van der Waals surface area contributed by atoms with Crippen LogP contribution in [0.25, 0.3) is 0 Å². The van der Waals surface area contributed by atoms with Crippen LogP contribution < -0.4 is 10.2 Å². The van der Waals surface area contributed by atoms with Crippen LogP contribution in [-0.2, 0) is 17.8 Å². The van der Waals surface area contributed by atoms with Crippen LogP contribution in [0.15, 0.2) is 41.0 Å². The van der Waals surface area contributed by atoms with Gasteiger partial charge in [0.05, 0.1) is 24.3 Å². The molecule has 3 rings (SSSR count). The maximum atomic E-state index is 12.6. The van der Waals surface area contributed by atoms with Gasteiger partial charge < -0.3 is 19.7 Å². The zero-order valence-electron chi connectivity index (χ0n) is 15.8. The van der Waals surface area contributed by atoms with Gasteiger partial charge in [-0.3, -0.25) is 9.59 Å². The lowest BCUT2D eigenvalue weighted by atomic mass is 10.0. The predicted molar refractivity (Wildman–Crippen MR) is 103 cm³/mol. The van der Waals surface area contributed by atoms with E-state index in [9.17, 15) is 14.7 Å². The van der Waals surface area contributed by atoms with E-state index < -0.39 is 11.9 Å². The second-order valence-corrected chi connectivity index (χ2v) is 7.10. The van der Waals surface area contributed by atoms with Crippen LogP contribution in [0.5, 0.6) is 0 Å². The minimum absolute atomic E-state index is 0.121. The number of amides is 1. The van der Waals surface area contributed by atoms with E-state index in [0.717, 1.165) is 12.8 Å². The van der Waals surface area contributed by atoms with Crippen molar-refractivity contribution in [3.8, 4) is 0 Å². The standard InChI is InChI=1S/C21H26N2O4/c1-3-6-16(21(25)26)12-22-20(24)17-9-10-27-19(17)13-23-14(2)11-15-7-4-5-8-18(15)23/h4-5,7-10,14,16H,3,6,11-13H2,1-2H3,(H,22,24)(H,25,26). The van der Waals surface area contributed by atoms with E-state index in [1.54, 1.807) is 6.07 Å². The third kappa shape index (κ3) is 4.15. The van der Waals surface area contributed by atoms with Crippen molar-refractivity contribution in [2.24, 2.45) is 5.92 Å². The zero-order chi connectivity index (χ0) is 19.4. The molecule has 1 aliphatic heterocycles. The number of aliphatic carboxylic acids is 1. The Hall–Kier alpha value is -2.76. The molecule has 2 atom stereocenters. The summed E-state index contributed by atoms with van der Waals surface area (Å²) in [4.78, 5) is 26.1. The quantitative estimate of drug-likeness (QED) is 0.743. The average molecular weight is 370 g/mol. The third-order valence-electron chi connectivity index (χ3n) is 5.15. The van der Waals surface area contributed by atoms with Gasteiger partial charge in [0.1, 0.15) is 5.76 Å². The number of nitrogens with zero attached hydrogens (tertiary/aromatic N) is 1. The molecule has 0 saturated carbocycles. The highest BCUT2D eigenvalue weighted by Crippen LogP contribution is 2.33. The Kier molecular flexibility index (Phi) is 5.84. The molecule has 144 valence electrons. The first-order valence-electron chi connectivity index (χ1n) is 9.43. The lowest BCUT2D eigenvalue weighted by Crippen LogP contribution is -2.34. The molecule has 0 saturated heterocycles. The number of carboxylic acids is 1. The Morgan fingerprint density at radius 3 is 2.85 bits per heavy atom. The molecule has 2 unspecified atom stereocenters. The summed E-state index contributed by atoms with van der Waals surface area (Å²) in [6, 6.07) is 10.2. The number of anilines is 1. The molecule has 2 heterocycles. The zero-order valence-corrected chi connectivity index (χ0v) is 15.8. The van der Waals surface area contributed by atoms with Crippen molar-refractivity contribution in [3.63, 3.8) is 0 Å². The Balaban J connectivity index is 1.69. The molecule has 27 heavy (non-hydrogen) atoms. The molecule has 0 aliphatic carbocycles. The van der Waals surface area contributed by atoms with Crippen molar-refractivity contribution in [1.82, 2.24) is 5.32 Å². The van der Waals surface area contributed by atoms with Crippen LogP contribution in [0.2, 0.25) is 0 Å². The maximum absolute atomic E-state index is 12.6. The molecule has 1 aliphatic rings. The molecule has 0 bridgehead atoms. The molecule has 1 aromatic carbocycles. The predicted octanol–water partition coefficient (Wildman–Crippen LogP) is 3.46. The van der Waals surface area contributed by atoms with Gasteiger partial charge in [0.15, 0.2) is 0 Å². The summed E-state index contributed by atoms with van der Waals surface area (Å²) < 4.78 is 5.59. The Bertz CT molecular complexity index is 814. The van der Waals surface area contributed by atoms with Crippen molar-refractivity contribution in [1.29, 1.82) is 0 Å². The lowest BCUT2D eigenvalue weighted by molar-refractivity contribution is -0.141. The second-order valence-electron chi connectivity index (χ2n) is 7.10. The Morgan fingerprint density at radius 1 is 1.33 bits per heavy atom. The highest BCUT2D eigenvalue weighted by Gasteiger charge is 2.28. The summed E-state index contributed by atoms with van der Waals surface area (Å²) in [7, 11) is 0. The molecule has 1 amide bonds. The van der Waals surface area contributed by atoms with E-state index in [2.05, 4.69) is 29.3 Å². The topological polar surface area (TPSA) is 82.8 Å². The largest absolute Gasteiger partial charge is 0.481 e. The van der Waals surface area contributed by atoms with Gasteiger partial charge in [-0.15, -0.1) is 0 Å². The summed E-state index contributed by atoms with van der Waals surface area (Å²) >= 11 is 0. The number of carbonyl (C=O) groups excluding carboxylic acids is 1. The molecule has 6 heteroatoms. The van der Waals surface area contributed by atoms with Crippen LogP contribution in [-0.4, -0.2) is 29.6 Å². The van der Waals surface area contributed by atoms with Crippen LogP contribution >= 0.6 is 0 Å². The van der Waals surface area contributed by atoms with E-state index in [1.165, 1.54) is 17.5 Å². The Labute approximate surface area is 159 Å². The van der Waals surface area contributed by atoms with Gasteiger partial charge in [0, 0.05) is 18.3 Å². The van der Waals surface area contributed by atoms with Gasteiger partial charge in [-0.1, -0.05) is 31.5 Å². The molecule has 0 radical (unpaired) electrons. The van der Waals surface area contributed by atoms with Gasteiger partial charge in [-0.2, -0.15) is 0 Å². The molecular weight excluding hydrogens is 344 g/mol. The van der Waals surface area contributed by atoms with Gasteiger partial charge in [0.2, 0.25) is 0 Å². The van der Waals surface area contributed by atoms with Gasteiger partial charge in [-0.25, -0.2) is 0 Å². The summed E-state index contributed by atoms with van der Waals surface area (Å²) in [6.07, 6.45) is 3.78. The van der Waals surface area contributed by atoms with Gasteiger partial charge >= 0.3 is 5.97 Å². The SMILES string of the molecule is CCCC(CNC(=O)c1ccoc1CN1c2ccccc2CC1C)C(=O)O. The number of carbonyl (C=O) groups is 2. The van der Waals surface area contributed by atoms with Crippen molar-refractivity contribution in [3.05, 3.63) is 53.5 Å². The van der Waals surface area contributed by atoms with E-state index in [-0.39, 0.29) is 12.5 Å². The normalized spacial score (nSPS) is 16.8. The highest BCUT2D eigenvalue weighted by atomic mass is 16.4. The molecule has 0 fully saturated rings. The molecule has 2 aromatic rings. The molecule has 1 aromatic heterocycles. The first-order valence-corrected chi connectivity index (χ1v) is 9.43. The van der Waals surface area contributed by atoms with E-state index in [0.29, 0.717) is 30.3 Å². The molecular formula is C21H26N2O4. The van der Waals surface area contributed by atoms with Gasteiger partial charge in [0.25, 0.3) is 5.91 Å².